The molecule has 0 unspecified atom stereocenters. The predicted octanol–water partition coefficient (Wildman–Crippen LogP) is 17.7. The second kappa shape index (κ2) is 14.2. The van der Waals surface area contributed by atoms with Gasteiger partial charge in [0.25, 0.3) is 0 Å². The van der Waals surface area contributed by atoms with Crippen molar-refractivity contribution in [3.63, 3.8) is 0 Å². The van der Waals surface area contributed by atoms with Crippen molar-refractivity contribution in [3.8, 4) is 39.1 Å². The van der Waals surface area contributed by atoms with Gasteiger partial charge in [0, 0.05) is 38.3 Å². The highest BCUT2D eigenvalue weighted by atomic mass is 16.3. The topological polar surface area (TPSA) is 34.5 Å². The van der Waals surface area contributed by atoms with Crippen LogP contribution in [0.2, 0.25) is 0 Å². The first-order valence-electron chi connectivity index (χ1n) is 23.1. The maximum absolute atomic E-state index is 6.78. The van der Waals surface area contributed by atoms with E-state index in [1.807, 2.05) is 6.07 Å². The first kappa shape index (κ1) is 37.7. The fourth-order valence-corrected chi connectivity index (χ4v) is 11.2. The van der Waals surface area contributed by atoms with Crippen LogP contribution in [0.1, 0.15) is 25.0 Å². The highest BCUT2D eigenvalue weighted by Crippen LogP contribution is 2.53. The third-order valence-corrected chi connectivity index (χ3v) is 14.4. The van der Waals surface area contributed by atoms with Crippen LogP contribution in [-0.4, -0.2) is 4.57 Å². The molecule has 0 aliphatic heterocycles. The van der Waals surface area contributed by atoms with E-state index in [2.05, 4.69) is 236 Å². The minimum absolute atomic E-state index is 0.248. The summed E-state index contributed by atoms with van der Waals surface area (Å²) < 4.78 is 15.7. The Morgan fingerprint density at radius 3 is 1.70 bits per heavy atom. The summed E-state index contributed by atoms with van der Waals surface area (Å²) in [5, 5.41) is 6.73. The number of anilines is 3. The zero-order valence-corrected chi connectivity index (χ0v) is 37.0. The Balaban J connectivity index is 0.982. The van der Waals surface area contributed by atoms with Gasteiger partial charge in [-0.3, -0.25) is 0 Å². The lowest BCUT2D eigenvalue weighted by Crippen LogP contribution is -2.17. The van der Waals surface area contributed by atoms with E-state index in [4.69, 9.17) is 8.83 Å². The number of hydrogen-bond donors (Lipinski definition) is 0. The van der Waals surface area contributed by atoms with E-state index in [1.54, 1.807) is 0 Å². The van der Waals surface area contributed by atoms with Gasteiger partial charge in [0.05, 0.1) is 33.2 Å². The molecule has 1 aliphatic carbocycles. The molecule has 10 aromatic carbocycles. The zero-order valence-electron chi connectivity index (χ0n) is 37.0. The van der Waals surface area contributed by atoms with E-state index in [1.165, 1.54) is 55.2 Å². The van der Waals surface area contributed by atoms with Gasteiger partial charge in [0.15, 0.2) is 0 Å². The second-order valence-electron chi connectivity index (χ2n) is 18.4. The summed E-state index contributed by atoms with van der Waals surface area (Å²) >= 11 is 0. The molecule has 4 nitrogen and oxygen atoms in total. The normalized spacial score (nSPS) is 13.0. The van der Waals surface area contributed by atoms with Crippen LogP contribution in [0, 0.1) is 0 Å². The molecule has 3 aromatic heterocycles. The van der Waals surface area contributed by atoms with Gasteiger partial charge in [-0.05, 0) is 129 Å². The van der Waals surface area contributed by atoms with Crippen LogP contribution < -0.4 is 4.90 Å². The highest BCUT2D eigenvalue weighted by molar-refractivity contribution is 6.18. The lowest BCUT2D eigenvalue weighted by Gasteiger charge is -2.29. The Hall–Kier alpha value is -8.60. The Morgan fingerprint density at radius 1 is 0.373 bits per heavy atom. The molecule has 67 heavy (non-hydrogen) atoms. The molecule has 0 fully saturated rings. The Morgan fingerprint density at radius 2 is 0.925 bits per heavy atom. The van der Waals surface area contributed by atoms with Crippen molar-refractivity contribution in [3.05, 3.63) is 230 Å². The van der Waals surface area contributed by atoms with Crippen LogP contribution in [0.5, 0.6) is 0 Å². The van der Waals surface area contributed by atoms with Crippen molar-refractivity contribution >= 4 is 82.7 Å². The first-order chi connectivity index (χ1) is 33.0. The molecule has 4 heteroatoms. The third kappa shape index (κ3) is 5.60. The average Bonchev–Trinajstić information content (AvgIpc) is 4.11. The van der Waals surface area contributed by atoms with Crippen molar-refractivity contribution in [1.29, 1.82) is 0 Å². The quantitative estimate of drug-likeness (QED) is 0.167. The van der Waals surface area contributed by atoms with Gasteiger partial charge in [-0.25, -0.2) is 0 Å². The molecule has 0 amide bonds. The van der Waals surface area contributed by atoms with E-state index in [9.17, 15) is 0 Å². The number of para-hydroxylation sites is 3. The largest absolute Gasteiger partial charge is 0.456 e. The smallest absolute Gasteiger partial charge is 0.137 e. The molecule has 0 bridgehead atoms. The average molecular weight is 859 g/mol. The van der Waals surface area contributed by atoms with Crippen molar-refractivity contribution in [2.24, 2.45) is 0 Å². The van der Waals surface area contributed by atoms with Crippen molar-refractivity contribution in [2.75, 3.05) is 4.90 Å². The van der Waals surface area contributed by atoms with E-state index in [-0.39, 0.29) is 5.41 Å². The summed E-state index contributed by atoms with van der Waals surface area (Å²) in [6.07, 6.45) is 0. The minimum Gasteiger partial charge on any atom is -0.456 e. The molecule has 3 heterocycles. The number of hydrogen-bond acceptors (Lipinski definition) is 3. The lowest BCUT2D eigenvalue weighted by atomic mass is 9.81. The third-order valence-electron chi connectivity index (χ3n) is 14.4. The number of nitrogens with zero attached hydrogens (tertiary/aromatic N) is 2. The molecule has 0 atom stereocenters. The van der Waals surface area contributed by atoms with Gasteiger partial charge in [0.2, 0.25) is 0 Å². The summed E-state index contributed by atoms with van der Waals surface area (Å²) in [4.78, 5) is 2.44. The molecule has 316 valence electrons. The fourth-order valence-electron chi connectivity index (χ4n) is 11.2. The summed E-state index contributed by atoms with van der Waals surface area (Å²) in [5.41, 5.74) is 19.7. The van der Waals surface area contributed by atoms with E-state index in [0.29, 0.717) is 0 Å². The monoisotopic (exact) mass is 858 g/mol. The predicted molar refractivity (Wildman–Crippen MR) is 278 cm³/mol. The number of benzene rings is 10. The van der Waals surface area contributed by atoms with Crippen LogP contribution in [0.15, 0.2) is 227 Å². The standard InChI is InChI=1S/C63H42N2O2/c1-63(2)51-36-41(39-15-5-3-6-16-39)27-31-45(51)46-33-30-44(38-52(46)63)65(54-22-13-25-59-61(54)49-20-10-12-24-57(49)66-59)55-23-14-26-60-62(55)50-35-40(29-34-58(50)67-60)42-28-32-48-47-19-9-11-21-53(47)64(56(48)37-42)43-17-7-4-8-18-43/h3-38H,1-2H3. The van der Waals surface area contributed by atoms with Gasteiger partial charge in [-0.1, -0.05) is 147 Å². The van der Waals surface area contributed by atoms with Gasteiger partial charge < -0.3 is 18.3 Å². The van der Waals surface area contributed by atoms with Crippen molar-refractivity contribution < 1.29 is 8.83 Å². The number of aromatic nitrogens is 1. The SMILES string of the molecule is CC1(C)c2cc(-c3ccccc3)ccc2-c2ccc(N(c3cccc4oc5ccccc5c34)c3cccc4oc5ccc(-c6ccc7c8ccccc8n(-c8ccccc8)c7c6)cc5c34)cc21. The molecule has 0 N–H and O–H groups in total. The summed E-state index contributed by atoms with van der Waals surface area (Å²) in [6.45, 7) is 4.74. The molecule has 13 aromatic rings. The molecule has 0 saturated heterocycles. The molecule has 14 rings (SSSR count). The van der Waals surface area contributed by atoms with Crippen LogP contribution >= 0.6 is 0 Å². The van der Waals surface area contributed by atoms with E-state index in [0.717, 1.165) is 77.8 Å². The van der Waals surface area contributed by atoms with Crippen molar-refractivity contribution in [1.82, 2.24) is 4.57 Å². The maximum atomic E-state index is 6.78. The molecule has 0 spiro atoms. The number of fused-ring (bicyclic) bond motifs is 12. The van der Waals surface area contributed by atoms with Gasteiger partial charge >= 0.3 is 0 Å². The Kier molecular flexibility index (Phi) is 8.00. The summed E-state index contributed by atoms with van der Waals surface area (Å²) in [5.74, 6) is 0. The molecular weight excluding hydrogens is 817 g/mol. The molecule has 0 saturated carbocycles. The second-order valence-corrected chi connectivity index (χ2v) is 18.4. The van der Waals surface area contributed by atoms with Gasteiger partial charge in [-0.2, -0.15) is 0 Å². The molecular formula is C63H42N2O2. The fraction of sp³-hybridized carbons (Fsp3) is 0.0476. The van der Waals surface area contributed by atoms with E-state index >= 15 is 0 Å². The van der Waals surface area contributed by atoms with Gasteiger partial charge in [-0.15, -0.1) is 0 Å². The Labute approximate surface area is 387 Å². The van der Waals surface area contributed by atoms with E-state index < -0.39 is 0 Å². The number of rotatable bonds is 6. The summed E-state index contributed by atoms with van der Waals surface area (Å²) in [6, 6.07) is 78.9. The lowest BCUT2D eigenvalue weighted by molar-refractivity contribution is 0.660. The van der Waals surface area contributed by atoms with Crippen molar-refractivity contribution in [2.45, 2.75) is 19.3 Å². The molecule has 0 radical (unpaired) electrons. The highest BCUT2D eigenvalue weighted by Gasteiger charge is 2.37. The minimum atomic E-state index is -0.248. The van der Waals surface area contributed by atoms with Gasteiger partial charge in [0.1, 0.15) is 22.3 Å². The van der Waals surface area contributed by atoms with Crippen LogP contribution in [-0.2, 0) is 5.41 Å². The zero-order chi connectivity index (χ0) is 44.4. The van der Waals surface area contributed by atoms with Crippen LogP contribution in [0.4, 0.5) is 17.1 Å². The molecule has 1 aliphatic rings. The van der Waals surface area contributed by atoms with Crippen LogP contribution in [0.25, 0.3) is 105 Å². The summed E-state index contributed by atoms with van der Waals surface area (Å²) in [7, 11) is 0. The Bertz CT molecular complexity index is 4130. The van der Waals surface area contributed by atoms with Crippen LogP contribution in [0.3, 0.4) is 0 Å². The number of furan rings is 2. The first-order valence-corrected chi connectivity index (χ1v) is 23.1. The maximum Gasteiger partial charge on any atom is 0.137 e.